The van der Waals surface area contributed by atoms with E-state index in [1.807, 2.05) is 24.3 Å². The highest BCUT2D eigenvalue weighted by atomic mass is 16.5. The molecule has 1 heterocycles. The topological polar surface area (TPSA) is 69.4 Å². The smallest absolute Gasteiger partial charge is 0.128 e. The van der Waals surface area contributed by atoms with Gasteiger partial charge in [0.2, 0.25) is 0 Å². The molecular formula is C19H27N3O2. The van der Waals surface area contributed by atoms with Crippen LogP contribution in [0.25, 0.3) is 11.3 Å². The van der Waals surface area contributed by atoms with E-state index in [1.54, 1.807) is 20.3 Å². The summed E-state index contributed by atoms with van der Waals surface area (Å²) in [6.07, 6.45) is 0. The molecule has 3 N–H and O–H groups in total. The highest BCUT2D eigenvalue weighted by Gasteiger charge is 2.15. The molecule has 1 aromatic carbocycles. The third-order valence-corrected chi connectivity index (χ3v) is 3.62. The minimum absolute atomic E-state index is 0.225. The maximum Gasteiger partial charge on any atom is 0.128 e. The standard InChI is InChI=1S/C19H27N3O2/c1-19(2,3)12-21-11-13-9-17(24-5)14(10-16(13)23-4)15-7-6-8-18(20)22-15/h6-10,21H,11-12H2,1-5H3,(H2,20,22). The van der Waals surface area contributed by atoms with Crippen molar-refractivity contribution in [1.82, 2.24) is 10.3 Å². The van der Waals surface area contributed by atoms with Crippen molar-refractivity contribution in [3.05, 3.63) is 35.9 Å². The van der Waals surface area contributed by atoms with Crippen molar-refractivity contribution in [2.75, 3.05) is 26.5 Å². The van der Waals surface area contributed by atoms with Crippen molar-refractivity contribution in [3.8, 4) is 22.8 Å². The molecule has 0 aliphatic rings. The number of pyridine rings is 1. The van der Waals surface area contributed by atoms with Gasteiger partial charge in [-0.3, -0.25) is 0 Å². The first-order chi connectivity index (χ1) is 11.3. The summed E-state index contributed by atoms with van der Waals surface area (Å²) in [5.41, 5.74) is 8.70. The van der Waals surface area contributed by atoms with Crippen LogP contribution in [0.15, 0.2) is 30.3 Å². The number of benzene rings is 1. The second-order valence-electron chi connectivity index (χ2n) is 6.98. The number of anilines is 1. The number of ether oxygens (including phenoxy) is 2. The fraction of sp³-hybridized carbons (Fsp3) is 0.421. The fourth-order valence-electron chi connectivity index (χ4n) is 2.47. The number of hydrogen-bond acceptors (Lipinski definition) is 5. The zero-order valence-electron chi connectivity index (χ0n) is 15.1. The fourth-order valence-corrected chi connectivity index (χ4v) is 2.47. The summed E-state index contributed by atoms with van der Waals surface area (Å²) in [6.45, 7) is 8.23. The monoisotopic (exact) mass is 329 g/mol. The molecule has 24 heavy (non-hydrogen) atoms. The number of hydrogen-bond donors (Lipinski definition) is 2. The second-order valence-corrected chi connectivity index (χ2v) is 6.98. The molecule has 0 saturated heterocycles. The van der Waals surface area contributed by atoms with Crippen LogP contribution in [-0.4, -0.2) is 25.7 Å². The molecule has 130 valence electrons. The predicted octanol–water partition coefficient (Wildman–Crippen LogP) is 3.48. The molecule has 5 nitrogen and oxygen atoms in total. The van der Waals surface area contributed by atoms with E-state index in [9.17, 15) is 0 Å². The van der Waals surface area contributed by atoms with Gasteiger partial charge in [0, 0.05) is 24.2 Å². The summed E-state index contributed by atoms with van der Waals surface area (Å²) in [5, 5.41) is 3.46. The van der Waals surface area contributed by atoms with Crippen molar-refractivity contribution < 1.29 is 9.47 Å². The van der Waals surface area contributed by atoms with E-state index < -0.39 is 0 Å². The molecule has 0 unspecified atom stereocenters. The van der Waals surface area contributed by atoms with Crippen LogP contribution in [0.1, 0.15) is 26.3 Å². The van der Waals surface area contributed by atoms with Gasteiger partial charge < -0.3 is 20.5 Å². The van der Waals surface area contributed by atoms with E-state index in [-0.39, 0.29) is 5.41 Å². The summed E-state index contributed by atoms with van der Waals surface area (Å²) >= 11 is 0. The molecule has 0 amide bonds. The van der Waals surface area contributed by atoms with Gasteiger partial charge in [-0.05, 0) is 29.7 Å². The van der Waals surface area contributed by atoms with Crippen molar-refractivity contribution in [2.24, 2.45) is 5.41 Å². The normalized spacial score (nSPS) is 11.4. The van der Waals surface area contributed by atoms with Gasteiger partial charge in [-0.2, -0.15) is 0 Å². The molecular weight excluding hydrogens is 302 g/mol. The Morgan fingerprint density at radius 1 is 1.08 bits per heavy atom. The lowest BCUT2D eigenvalue weighted by molar-refractivity contribution is 0.371. The molecule has 2 rings (SSSR count). The van der Waals surface area contributed by atoms with Crippen LogP contribution < -0.4 is 20.5 Å². The number of methoxy groups -OCH3 is 2. The lowest BCUT2D eigenvalue weighted by Crippen LogP contribution is -2.26. The Balaban J connectivity index is 2.34. The first-order valence-electron chi connectivity index (χ1n) is 8.02. The molecule has 1 aromatic heterocycles. The van der Waals surface area contributed by atoms with Crippen LogP contribution in [0.5, 0.6) is 11.5 Å². The number of rotatable bonds is 6. The maximum absolute atomic E-state index is 5.80. The van der Waals surface area contributed by atoms with E-state index in [0.717, 1.165) is 34.9 Å². The van der Waals surface area contributed by atoms with Crippen LogP contribution in [0.3, 0.4) is 0 Å². The third kappa shape index (κ3) is 4.61. The van der Waals surface area contributed by atoms with Crippen LogP contribution in [-0.2, 0) is 6.54 Å². The highest BCUT2D eigenvalue weighted by Crippen LogP contribution is 2.35. The average Bonchev–Trinajstić information content (AvgIpc) is 2.53. The third-order valence-electron chi connectivity index (χ3n) is 3.62. The number of nitrogens with two attached hydrogens (primary N) is 1. The van der Waals surface area contributed by atoms with Gasteiger partial charge >= 0.3 is 0 Å². The van der Waals surface area contributed by atoms with Gasteiger partial charge in [0.05, 0.1) is 19.9 Å². The number of nitrogens with one attached hydrogen (secondary N) is 1. The van der Waals surface area contributed by atoms with Gasteiger partial charge in [0.25, 0.3) is 0 Å². The van der Waals surface area contributed by atoms with E-state index >= 15 is 0 Å². The molecule has 0 fully saturated rings. The van der Waals surface area contributed by atoms with Crippen molar-refractivity contribution in [1.29, 1.82) is 0 Å². The lowest BCUT2D eigenvalue weighted by atomic mass is 9.97. The summed E-state index contributed by atoms with van der Waals surface area (Å²) in [5.74, 6) is 2.03. The minimum Gasteiger partial charge on any atom is -0.496 e. The molecule has 0 spiro atoms. The van der Waals surface area contributed by atoms with Crippen molar-refractivity contribution in [2.45, 2.75) is 27.3 Å². The summed E-state index contributed by atoms with van der Waals surface area (Å²) in [4.78, 5) is 4.38. The van der Waals surface area contributed by atoms with Gasteiger partial charge in [0.15, 0.2) is 0 Å². The van der Waals surface area contributed by atoms with Gasteiger partial charge in [-0.25, -0.2) is 4.98 Å². The Labute approximate surface area is 144 Å². The molecule has 0 aliphatic heterocycles. The highest BCUT2D eigenvalue weighted by molar-refractivity contribution is 5.71. The summed E-state index contributed by atoms with van der Waals surface area (Å²) in [6, 6.07) is 9.50. The van der Waals surface area contributed by atoms with E-state index in [4.69, 9.17) is 15.2 Å². The zero-order chi connectivity index (χ0) is 17.7. The Kier molecular flexibility index (Phi) is 5.67. The average molecular weight is 329 g/mol. The molecule has 5 heteroatoms. The summed E-state index contributed by atoms with van der Waals surface area (Å²) < 4.78 is 11.1. The Morgan fingerprint density at radius 3 is 2.38 bits per heavy atom. The van der Waals surface area contributed by atoms with E-state index in [2.05, 4.69) is 31.1 Å². The van der Waals surface area contributed by atoms with E-state index in [0.29, 0.717) is 12.4 Å². The number of aromatic nitrogens is 1. The van der Waals surface area contributed by atoms with Crippen LogP contribution in [0.2, 0.25) is 0 Å². The Hall–Kier alpha value is -2.27. The quantitative estimate of drug-likeness (QED) is 0.849. The van der Waals surface area contributed by atoms with Gasteiger partial charge in [-0.1, -0.05) is 26.8 Å². The Bertz CT molecular complexity index is 693. The number of nitrogens with zero attached hydrogens (tertiary/aromatic N) is 1. The molecule has 2 aromatic rings. The van der Waals surface area contributed by atoms with Crippen molar-refractivity contribution >= 4 is 5.82 Å². The predicted molar refractivity (Wildman–Crippen MR) is 98.4 cm³/mol. The van der Waals surface area contributed by atoms with Crippen LogP contribution >= 0.6 is 0 Å². The SMILES string of the molecule is COc1cc(-c2cccc(N)n2)c(OC)cc1CNCC(C)(C)C. The maximum atomic E-state index is 5.80. The largest absolute Gasteiger partial charge is 0.496 e. The summed E-state index contributed by atoms with van der Waals surface area (Å²) in [7, 11) is 3.33. The first-order valence-corrected chi connectivity index (χ1v) is 8.02. The molecule has 0 aliphatic carbocycles. The minimum atomic E-state index is 0.225. The molecule has 0 atom stereocenters. The van der Waals surface area contributed by atoms with Gasteiger partial charge in [0.1, 0.15) is 17.3 Å². The molecule has 0 saturated carbocycles. The second kappa shape index (κ2) is 7.53. The van der Waals surface area contributed by atoms with Crippen LogP contribution in [0, 0.1) is 5.41 Å². The molecule has 0 bridgehead atoms. The lowest BCUT2D eigenvalue weighted by Gasteiger charge is -2.20. The Morgan fingerprint density at radius 2 is 1.79 bits per heavy atom. The van der Waals surface area contributed by atoms with Crippen molar-refractivity contribution in [3.63, 3.8) is 0 Å². The van der Waals surface area contributed by atoms with Gasteiger partial charge in [-0.15, -0.1) is 0 Å². The molecule has 0 radical (unpaired) electrons. The van der Waals surface area contributed by atoms with Crippen LogP contribution in [0.4, 0.5) is 5.82 Å². The van der Waals surface area contributed by atoms with E-state index in [1.165, 1.54) is 0 Å². The number of nitrogen functional groups attached to an aromatic ring is 1. The zero-order valence-corrected chi connectivity index (χ0v) is 15.1. The first kappa shape index (κ1) is 18.1.